The van der Waals surface area contributed by atoms with Crippen molar-refractivity contribution in [1.82, 2.24) is 0 Å². The normalized spacial score (nSPS) is 12.5. The number of aryl methyl sites for hydroxylation is 3. The molecule has 0 saturated heterocycles. The molecule has 2 rings (SSSR count). The lowest BCUT2D eigenvalue weighted by atomic mass is 9.92. The summed E-state index contributed by atoms with van der Waals surface area (Å²) in [5.41, 5.74) is 6.02. The summed E-state index contributed by atoms with van der Waals surface area (Å²) in [7, 11) is 0. The van der Waals surface area contributed by atoms with Gasteiger partial charge >= 0.3 is 5.97 Å². The van der Waals surface area contributed by atoms with E-state index >= 15 is 0 Å². The molecule has 0 saturated carbocycles. The molecule has 0 aliphatic heterocycles. The highest BCUT2D eigenvalue weighted by atomic mass is 32.2. The molecule has 0 radical (unpaired) electrons. The molecule has 3 nitrogen and oxygen atoms in total. The van der Waals surface area contributed by atoms with Gasteiger partial charge in [-0.3, -0.25) is 4.79 Å². The van der Waals surface area contributed by atoms with E-state index in [-0.39, 0.29) is 12.2 Å². The van der Waals surface area contributed by atoms with E-state index in [0.29, 0.717) is 17.1 Å². The first-order valence-corrected chi connectivity index (χ1v) is 9.95. The highest BCUT2D eigenvalue weighted by Gasteiger charge is 2.10. The number of aliphatic hydroxyl groups is 1. The van der Waals surface area contributed by atoms with Gasteiger partial charge in [-0.15, -0.1) is 0 Å². The molecule has 27 heavy (non-hydrogen) atoms. The van der Waals surface area contributed by atoms with Gasteiger partial charge in [-0.05, 0) is 60.7 Å². The number of carboxylic acids is 1. The molecule has 0 aliphatic rings. The zero-order valence-electron chi connectivity index (χ0n) is 15.8. The second kappa shape index (κ2) is 9.72. The topological polar surface area (TPSA) is 57.5 Å². The Bertz CT molecular complexity index is 846. The molecular weight excluding hydrogens is 363 g/mol. The fraction of sp³-hybridized carbons (Fsp3) is 0.318. The first-order chi connectivity index (χ1) is 12.8. The number of carbonyl (C=O) groups is 1. The van der Waals surface area contributed by atoms with Crippen molar-refractivity contribution in [2.45, 2.75) is 33.3 Å². The SMILES string of the molecule is Cc1cc(C)c(C=CCSCC(O)CC(=O)O)c(-c2ccc(F)c(C)c2)c1. The van der Waals surface area contributed by atoms with Gasteiger partial charge in [0.05, 0.1) is 12.5 Å². The Morgan fingerprint density at radius 2 is 1.93 bits per heavy atom. The van der Waals surface area contributed by atoms with Crippen molar-refractivity contribution in [1.29, 1.82) is 0 Å². The molecule has 144 valence electrons. The van der Waals surface area contributed by atoms with E-state index in [1.54, 1.807) is 13.0 Å². The smallest absolute Gasteiger partial charge is 0.306 e. The van der Waals surface area contributed by atoms with Crippen molar-refractivity contribution in [2.24, 2.45) is 0 Å². The number of benzene rings is 2. The lowest BCUT2D eigenvalue weighted by Gasteiger charge is -2.13. The standard InChI is InChI=1S/C22H25FO3S/c1-14-9-15(2)19(5-4-8-27-13-18(24)12-22(25)26)20(10-14)17-6-7-21(23)16(3)11-17/h4-7,9-11,18,24H,8,12-13H2,1-3H3,(H,25,26). The van der Waals surface area contributed by atoms with Crippen molar-refractivity contribution >= 4 is 23.8 Å². The summed E-state index contributed by atoms with van der Waals surface area (Å²) in [5, 5.41) is 18.3. The maximum absolute atomic E-state index is 13.6. The van der Waals surface area contributed by atoms with Gasteiger partial charge in [-0.25, -0.2) is 4.39 Å². The van der Waals surface area contributed by atoms with E-state index < -0.39 is 12.1 Å². The van der Waals surface area contributed by atoms with Crippen LogP contribution in [0.2, 0.25) is 0 Å². The first kappa shape index (κ1) is 21.2. The monoisotopic (exact) mass is 388 g/mol. The summed E-state index contributed by atoms with van der Waals surface area (Å²) in [4.78, 5) is 10.6. The van der Waals surface area contributed by atoms with Crippen molar-refractivity contribution in [3.63, 3.8) is 0 Å². The van der Waals surface area contributed by atoms with E-state index in [2.05, 4.69) is 19.1 Å². The Labute approximate surface area is 163 Å². The maximum Gasteiger partial charge on any atom is 0.306 e. The van der Waals surface area contributed by atoms with Crippen LogP contribution in [0.4, 0.5) is 4.39 Å². The highest BCUT2D eigenvalue weighted by molar-refractivity contribution is 7.99. The first-order valence-electron chi connectivity index (χ1n) is 8.80. The third kappa shape index (κ3) is 6.22. The number of rotatable bonds is 8. The van der Waals surface area contributed by atoms with Gasteiger partial charge in [0.2, 0.25) is 0 Å². The fourth-order valence-corrected chi connectivity index (χ4v) is 3.71. The van der Waals surface area contributed by atoms with E-state index in [9.17, 15) is 14.3 Å². The van der Waals surface area contributed by atoms with Gasteiger partial charge < -0.3 is 10.2 Å². The quantitative estimate of drug-likeness (QED) is 0.625. The van der Waals surface area contributed by atoms with Crippen LogP contribution in [0.1, 0.15) is 28.7 Å². The van der Waals surface area contributed by atoms with Gasteiger partial charge in [-0.2, -0.15) is 11.8 Å². The Morgan fingerprint density at radius 1 is 1.19 bits per heavy atom. The largest absolute Gasteiger partial charge is 0.481 e. The van der Waals surface area contributed by atoms with Crippen molar-refractivity contribution in [2.75, 3.05) is 11.5 Å². The van der Waals surface area contributed by atoms with E-state index in [1.807, 2.05) is 25.1 Å². The van der Waals surface area contributed by atoms with Crippen LogP contribution in [-0.4, -0.2) is 33.8 Å². The lowest BCUT2D eigenvalue weighted by molar-refractivity contribution is -0.138. The van der Waals surface area contributed by atoms with Crippen LogP contribution >= 0.6 is 11.8 Å². The van der Waals surface area contributed by atoms with Crippen molar-refractivity contribution < 1.29 is 19.4 Å². The molecule has 0 aromatic heterocycles. The second-order valence-corrected chi connectivity index (χ2v) is 7.77. The number of aliphatic hydroxyl groups excluding tert-OH is 1. The molecule has 0 aliphatic carbocycles. The molecule has 2 aromatic carbocycles. The molecule has 0 spiro atoms. The van der Waals surface area contributed by atoms with Crippen LogP contribution in [0, 0.1) is 26.6 Å². The van der Waals surface area contributed by atoms with Crippen molar-refractivity contribution in [3.8, 4) is 11.1 Å². The van der Waals surface area contributed by atoms with Crippen LogP contribution in [-0.2, 0) is 4.79 Å². The van der Waals surface area contributed by atoms with Gasteiger partial charge in [0.25, 0.3) is 0 Å². The van der Waals surface area contributed by atoms with Gasteiger partial charge in [0.1, 0.15) is 5.82 Å². The van der Waals surface area contributed by atoms with Crippen LogP contribution in [0.3, 0.4) is 0 Å². The molecule has 0 fully saturated rings. The number of halogens is 1. The average Bonchev–Trinajstić information content (AvgIpc) is 2.57. The van der Waals surface area contributed by atoms with Crippen LogP contribution in [0.25, 0.3) is 17.2 Å². The molecule has 0 heterocycles. The van der Waals surface area contributed by atoms with Crippen LogP contribution in [0.15, 0.2) is 36.4 Å². The summed E-state index contributed by atoms with van der Waals surface area (Å²) >= 11 is 1.49. The predicted molar refractivity (Wildman–Crippen MR) is 111 cm³/mol. The molecule has 5 heteroatoms. The summed E-state index contributed by atoms with van der Waals surface area (Å²) in [6.45, 7) is 5.85. The minimum Gasteiger partial charge on any atom is -0.481 e. The average molecular weight is 389 g/mol. The van der Waals surface area contributed by atoms with E-state index in [0.717, 1.165) is 27.8 Å². The number of hydrogen-bond donors (Lipinski definition) is 2. The van der Waals surface area contributed by atoms with Crippen LogP contribution < -0.4 is 0 Å². The lowest BCUT2D eigenvalue weighted by Crippen LogP contribution is -2.15. The molecule has 2 N–H and O–H groups in total. The van der Waals surface area contributed by atoms with Crippen molar-refractivity contribution in [3.05, 3.63) is 64.5 Å². The predicted octanol–water partition coefficient (Wildman–Crippen LogP) is 5.00. The van der Waals surface area contributed by atoms with Gasteiger partial charge in [0, 0.05) is 11.5 Å². The maximum atomic E-state index is 13.6. The number of aliphatic carboxylic acids is 1. The summed E-state index contributed by atoms with van der Waals surface area (Å²) < 4.78 is 13.6. The summed E-state index contributed by atoms with van der Waals surface area (Å²) in [5.74, 6) is -0.149. The molecule has 0 amide bonds. The Balaban J connectivity index is 2.16. The van der Waals surface area contributed by atoms with Gasteiger partial charge in [-0.1, -0.05) is 35.9 Å². The zero-order valence-corrected chi connectivity index (χ0v) is 16.6. The minimum atomic E-state index is -0.992. The number of thioether (sulfide) groups is 1. The third-order valence-corrected chi connectivity index (χ3v) is 5.27. The third-order valence-electron chi connectivity index (χ3n) is 4.22. The minimum absolute atomic E-state index is 0.212. The fourth-order valence-electron chi connectivity index (χ4n) is 2.95. The summed E-state index contributed by atoms with van der Waals surface area (Å²) in [6.07, 6.45) is 2.98. The molecular formula is C22H25FO3S. The number of carboxylic acid groups (broad SMARTS) is 1. The zero-order chi connectivity index (χ0) is 20.0. The van der Waals surface area contributed by atoms with Crippen LogP contribution in [0.5, 0.6) is 0 Å². The van der Waals surface area contributed by atoms with Gasteiger partial charge in [0.15, 0.2) is 0 Å². The second-order valence-electron chi connectivity index (χ2n) is 6.70. The number of hydrogen-bond acceptors (Lipinski definition) is 3. The van der Waals surface area contributed by atoms with E-state index in [1.165, 1.54) is 17.8 Å². The summed E-state index contributed by atoms with van der Waals surface area (Å²) in [6, 6.07) is 9.37. The molecule has 1 unspecified atom stereocenters. The Hall–Kier alpha value is -2.11. The molecule has 2 aromatic rings. The Morgan fingerprint density at radius 3 is 2.59 bits per heavy atom. The Kier molecular flexibility index (Phi) is 7.63. The van der Waals surface area contributed by atoms with E-state index in [4.69, 9.17) is 5.11 Å². The molecule has 0 bridgehead atoms. The highest BCUT2D eigenvalue weighted by Crippen LogP contribution is 2.30. The molecule has 1 atom stereocenters.